The first-order valence-corrected chi connectivity index (χ1v) is 10.2. The minimum absolute atomic E-state index is 0.0744. The molecule has 1 aliphatic rings. The summed E-state index contributed by atoms with van der Waals surface area (Å²) < 4.78 is 5.31. The molecule has 0 radical (unpaired) electrons. The molecule has 152 valence electrons. The zero-order chi connectivity index (χ0) is 21.1. The van der Waals surface area contributed by atoms with Crippen LogP contribution >= 0.6 is 11.8 Å². The van der Waals surface area contributed by atoms with Crippen LogP contribution in [0.15, 0.2) is 76.5 Å². The van der Waals surface area contributed by atoms with Gasteiger partial charge in [0.05, 0.1) is 18.4 Å². The molecule has 4 rings (SSSR count). The van der Waals surface area contributed by atoms with Crippen LogP contribution in [0.5, 0.6) is 5.75 Å². The third-order valence-electron chi connectivity index (χ3n) is 4.85. The number of nitrogens with one attached hydrogen (secondary N) is 2. The van der Waals surface area contributed by atoms with Gasteiger partial charge in [-0.15, -0.1) is 0 Å². The van der Waals surface area contributed by atoms with Crippen molar-refractivity contribution in [2.24, 2.45) is 0 Å². The van der Waals surface area contributed by atoms with Crippen molar-refractivity contribution in [2.45, 2.75) is 16.3 Å². The van der Waals surface area contributed by atoms with Crippen LogP contribution in [0.1, 0.15) is 15.9 Å². The van der Waals surface area contributed by atoms with Crippen molar-refractivity contribution in [3.05, 3.63) is 77.9 Å². The van der Waals surface area contributed by atoms with E-state index in [4.69, 9.17) is 4.74 Å². The van der Waals surface area contributed by atoms with E-state index in [9.17, 15) is 9.59 Å². The average molecular weight is 420 g/mol. The Morgan fingerprint density at radius 2 is 1.80 bits per heavy atom. The molecule has 0 unspecified atom stereocenters. The van der Waals surface area contributed by atoms with E-state index in [1.807, 2.05) is 66.7 Å². The molecule has 30 heavy (non-hydrogen) atoms. The van der Waals surface area contributed by atoms with Crippen molar-refractivity contribution in [1.82, 2.24) is 5.32 Å². The second kappa shape index (κ2) is 8.51. The summed E-state index contributed by atoms with van der Waals surface area (Å²) in [5.74, 6) is 0.647. The fourth-order valence-corrected chi connectivity index (χ4v) is 4.37. The average Bonchev–Trinajstić information content (AvgIpc) is 2.87. The summed E-state index contributed by atoms with van der Waals surface area (Å²) in [6.07, 6.45) is 0. The quantitative estimate of drug-likeness (QED) is 0.640. The second-order valence-corrected chi connectivity index (χ2v) is 7.85. The molecular weight excluding hydrogens is 398 g/mol. The van der Waals surface area contributed by atoms with Crippen molar-refractivity contribution >= 4 is 35.1 Å². The highest BCUT2D eigenvalue weighted by Gasteiger charge is 2.24. The molecule has 0 spiro atoms. The highest BCUT2D eigenvalue weighted by molar-refractivity contribution is 7.99. The van der Waals surface area contributed by atoms with Gasteiger partial charge in [0, 0.05) is 34.6 Å². The van der Waals surface area contributed by atoms with Gasteiger partial charge in [-0.2, -0.15) is 0 Å². The molecule has 0 aromatic heterocycles. The molecule has 0 saturated carbocycles. The highest BCUT2D eigenvalue weighted by Crippen LogP contribution is 2.41. The number of nitrogens with zero attached hydrogens (tertiary/aromatic N) is 1. The third-order valence-corrected chi connectivity index (χ3v) is 5.99. The van der Waals surface area contributed by atoms with Gasteiger partial charge in [-0.1, -0.05) is 42.1 Å². The molecule has 3 aromatic rings. The molecule has 3 amide bonds. The first kappa shape index (κ1) is 19.8. The number of benzene rings is 3. The van der Waals surface area contributed by atoms with E-state index in [1.165, 1.54) is 0 Å². The predicted molar refractivity (Wildman–Crippen MR) is 119 cm³/mol. The maximum atomic E-state index is 12.9. The van der Waals surface area contributed by atoms with Crippen LogP contribution in [-0.4, -0.2) is 26.1 Å². The monoisotopic (exact) mass is 419 g/mol. The number of para-hydroxylation sites is 1. The van der Waals surface area contributed by atoms with Crippen molar-refractivity contribution in [1.29, 1.82) is 0 Å². The lowest BCUT2D eigenvalue weighted by Gasteiger charge is -2.18. The molecule has 1 heterocycles. The molecule has 0 bridgehead atoms. The summed E-state index contributed by atoms with van der Waals surface area (Å²) in [5.41, 5.74) is 2.92. The highest BCUT2D eigenvalue weighted by atomic mass is 32.2. The van der Waals surface area contributed by atoms with Gasteiger partial charge < -0.3 is 20.3 Å². The second-order valence-electron chi connectivity index (χ2n) is 6.76. The van der Waals surface area contributed by atoms with E-state index in [2.05, 4.69) is 10.6 Å². The van der Waals surface area contributed by atoms with Gasteiger partial charge >= 0.3 is 6.03 Å². The number of anilines is 2. The maximum absolute atomic E-state index is 12.9. The van der Waals surface area contributed by atoms with Crippen molar-refractivity contribution in [3.63, 3.8) is 0 Å². The number of fused-ring (bicyclic) bond motifs is 2. The Balaban J connectivity index is 1.49. The van der Waals surface area contributed by atoms with E-state index in [-0.39, 0.29) is 11.9 Å². The summed E-state index contributed by atoms with van der Waals surface area (Å²) in [6, 6.07) is 20.3. The zero-order valence-electron chi connectivity index (χ0n) is 16.6. The van der Waals surface area contributed by atoms with Crippen LogP contribution < -0.4 is 20.3 Å². The van der Waals surface area contributed by atoms with E-state index in [0.29, 0.717) is 17.8 Å². The number of hydrogen-bond donors (Lipinski definition) is 2. The lowest BCUT2D eigenvalue weighted by Crippen LogP contribution is -2.29. The fraction of sp³-hybridized carbons (Fsp3) is 0.130. The largest absolute Gasteiger partial charge is 0.496 e. The van der Waals surface area contributed by atoms with Crippen molar-refractivity contribution in [2.75, 3.05) is 24.4 Å². The van der Waals surface area contributed by atoms with Gasteiger partial charge in [0.2, 0.25) is 0 Å². The first-order chi connectivity index (χ1) is 14.6. The number of ether oxygens (including phenoxy) is 1. The molecule has 3 aromatic carbocycles. The zero-order valence-corrected chi connectivity index (χ0v) is 17.5. The molecule has 0 fully saturated rings. The van der Waals surface area contributed by atoms with E-state index >= 15 is 0 Å². The maximum Gasteiger partial charge on any atom is 0.319 e. The van der Waals surface area contributed by atoms with Gasteiger partial charge in [0.1, 0.15) is 5.75 Å². The third kappa shape index (κ3) is 3.97. The van der Waals surface area contributed by atoms with Crippen LogP contribution in [-0.2, 0) is 6.54 Å². The molecule has 6 nitrogen and oxygen atoms in total. The Labute approximate surface area is 179 Å². The summed E-state index contributed by atoms with van der Waals surface area (Å²) >= 11 is 1.55. The molecule has 0 atom stereocenters. The molecular formula is C23H21N3O3S. The SMILES string of the molecule is COc1ccccc1CNC(=O)Nc1ccc2c(c1)N(C)C(=O)c1ccccc1S2. The molecule has 2 N–H and O–H groups in total. The number of methoxy groups -OCH3 is 1. The number of carbonyl (C=O) groups excluding carboxylic acids is 2. The van der Waals surface area contributed by atoms with E-state index < -0.39 is 0 Å². The van der Waals surface area contributed by atoms with Gasteiger partial charge in [-0.25, -0.2) is 4.79 Å². The number of urea groups is 1. The Kier molecular flexibility index (Phi) is 5.63. The van der Waals surface area contributed by atoms with Crippen molar-refractivity contribution < 1.29 is 14.3 Å². The standard InChI is InChI=1S/C23H21N3O3S/c1-26-18-13-16(25-23(28)24-14-15-7-3-5-9-19(15)29-2)11-12-21(18)30-20-10-6-4-8-17(20)22(26)27/h3-13H,14H2,1-2H3,(H2,24,25,28). The van der Waals surface area contributed by atoms with Gasteiger partial charge in [-0.3, -0.25) is 4.79 Å². The minimum Gasteiger partial charge on any atom is -0.496 e. The van der Waals surface area contributed by atoms with Crippen molar-refractivity contribution in [3.8, 4) is 5.75 Å². The molecule has 0 saturated heterocycles. The summed E-state index contributed by atoms with van der Waals surface area (Å²) in [5, 5.41) is 5.67. The number of amides is 3. The van der Waals surface area contributed by atoms with Crippen LogP contribution in [0.3, 0.4) is 0 Å². The van der Waals surface area contributed by atoms with Crippen LogP contribution in [0, 0.1) is 0 Å². The van der Waals surface area contributed by atoms with Crippen LogP contribution in [0.4, 0.5) is 16.2 Å². The molecule has 7 heteroatoms. The lowest BCUT2D eigenvalue weighted by molar-refractivity contribution is 0.0990. The van der Waals surface area contributed by atoms with Gasteiger partial charge in [0.15, 0.2) is 0 Å². The number of carbonyl (C=O) groups is 2. The normalized spacial score (nSPS) is 12.5. The molecule has 1 aliphatic heterocycles. The minimum atomic E-state index is -0.334. The number of rotatable bonds is 4. The van der Waals surface area contributed by atoms with E-state index in [0.717, 1.165) is 26.8 Å². The number of hydrogen-bond acceptors (Lipinski definition) is 4. The Morgan fingerprint density at radius 1 is 1.03 bits per heavy atom. The fourth-order valence-electron chi connectivity index (χ4n) is 3.28. The lowest BCUT2D eigenvalue weighted by atomic mass is 10.2. The molecule has 0 aliphatic carbocycles. The Hall–Kier alpha value is -3.45. The van der Waals surface area contributed by atoms with Gasteiger partial charge in [-0.05, 0) is 36.4 Å². The summed E-state index contributed by atoms with van der Waals surface area (Å²) in [4.78, 5) is 28.7. The van der Waals surface area contributed by atoms with Crippen LogP contribution in [0.25, 0.3) is 0 Å². The topological polar surface area (TPSA) is 70.7 Å². The summed E-state index contributed by atoms with van der Waals surface area (Å²) in [7, 11) is 3.35. The Morgan fingerprint density at radius 3 is 2.63 bits per heavy atom. The predicted octanol–water partition coefficient (Wildman–Crippen LogP) is 4.76. The first-order valence-electron chi connectivity index (χ1n) is 9.42. The van der Waals surface area contributed by atoms with E-state index in [1.54, 1.807) is 30.8 Å². The van der Waals surface area contributed by atoms with Gasteiger partial charge in [0.25, 0.3) is 5.91 Å². The smallest absolute Gasteiger partial charge is 0.319 e. The Bertz CT molecular complexity index is 1120. The van der Waals surface area contributed by atoms with Crippen LogP contribution in [0.2, 0.25) is 0 Å². The summed E-state index contributed by atoms with van der Waals surface area (Å²) in [6.45, 7) is 0.338.